The minimum atomic E-state index is -0.663. The number of hydrogen-bond acceptors (Lipinski definition) is 4. The monoisotopic (exact) mass is 169 g/mol. The van der Waals surface area contributed by atoms with Crippen LogP contribution in [0, 0.1) is 5.53 Å². The van der Waals surface area contributed by atoms with Gasteiger partial charge in [0.25, 0.3) is 5.91 Å². The number of aromatic nitrogens is 2. The molecule has 0 bridgehead atoms. The van der Waals surface area contributed by atoms with Crippen LogP contribution in [0.5, 0.6) is 0 Å². The summed E-state index contributed by atoms with van der Waals surface area (Å²) in [5.74, 6) is -0.643. The van der Waals surface area contributed by atoms with Crippen molar-refractivity contribution in [2.75, 3.05) is 0 Å². The van der Waals surface area contributed by atoms with Crippen molar-refractivity contribution >= 4 is 11.7 Å². The van der Waals surface area contributed by atoms with Gasteiger partial charge in [-0.25, -0.2) is 10.5 Å². The van der Waals surface area contributed by atoms with Crippen LogP contribution >= 0.6 is 0 Å². The molecule has 0 aliphatic rings. The summed E-state index contributed by atoms with van der Waals surface area (Å²) in [6.45, 7) is 4.00. The summed E-state index contributed by atoms with van der Waals surface area (Å²) in [6.07, 6.45) is 1.26. The van der Waals surface area contributed by atoms with Crippen molar-refractivity contribution in [2.24, 2.45) is 10.8 Å². The molecule has 6 heteroatoms. The highest BCUT2D eigenvalue weighted by Gasteiger charge is 2.08. The van der Waals surface area contributed by atoms with Gasteiger partial charge in [0, 0.05) is 0 Å². The summed E-state index contributed by atoms with van der Waals surface area (Å²) in [5, 5.41) is 2.96. The summed E-state index contributed by atoms with van der Waals surface area (Å²) < 4.78 is 0. The molecule has 0 fully saturated rings. The Morgan fingerprint density at radius 1 is 1.75 bits per heavy atom. The van der Waals surface area contributed by atoms with Crippen molar-refractivity contribution in [3.63, 3.8) is 0 Å². The number of nitrogens with one attached hydrogen (secondary N) is 2. The summed E-state index contributed by atoms with van der Waals surface area (Å²) >= 11 is 0. The average Bonchev–Trinajstić information content (AvgIpc) is 2.55. The predicted molar refractivity (Wildman–Crippen MR) is 43.3 cm³/mol. The number of nitrogens with zero attached hydrogens (tertiary/aromatic N) is 2. The normalized spacial score (nSPS) is 8.17. The first-order valence-electron chi connectivity index (χ1n) is 3.46. The lowest BCUT2D eigenvalue weighted by Crippen LogP contribution is -2.11. The maximum absolute atomic E-state index is 10.4. The maximum atomic E-state index is 10.4. The van der Waals surface area contributed by atoms with Crippen LogP contribution in [0.1, 0.15) is 24.3 Å². The molecule has 4 N–H and O–H groups in total. The van der Waals surface area contributed by atoms with Gasteiger partial charge in [0.1, 0.15) is 0 Å². The molecule has 0 aromatic carbocycles. The molecule has 12 heavy (non-hydrogen) atoms. The lowest BCUT2D eigenvalue weighted by Gasteiger charge is -1.86. The Morgan fingerprint density at radius 2 is 2.33 bits per heavy atom. The Bertz CT molecular complexity index is 267. The Morgan fingerprint density at radius 3 is 2.67 bits per heavy atom. The van der Waals surface area contributed by atoms with Gasteiger partial charge < -0.3 is 10.7 Å². The Labute approximate surface area is 69.7 Å². The molecule has 1 heterocycles. The van der Waals surface area contributed by atoms with Crippen LogP contribution in [0.2, 0.25) is 0 Å². The van der Waals surface area contributed by atoms with Crippen LogP contribution in [-0.2, 0) is 0 Å². The second-order valence-corrected chi connectivity index (χ2v) is 1.58. The van der Waals surface area contributed by atoms with Crippen molar-refractivity contribution < 1.29 is 4.79 Å². The number of amides is 1. The summed E-state index contributed by atoms with van der Waals surface area (Å²) in [5.41, 5.74) is 11.5. The van der Waals surface area contributed by atoms with E-state index in [0.717, 1.165) is 0 Å². The average molecular weight is 169 g/mol. The van der Waals surface area contributed by atoms with Crippen LogP contribution in [0.25, 0.3) is 0 Å². The molecule has 0 atom stereocenters. The van der Waals surface area contributed by atoms with E-state index in [2.05, 4.69) is 15.1 Å². The highest BCUT2D eigenvalue weighted by Crippen LogP contribution is 2.10. The van der Waals surface area contributed by atoms with E-state index < -0.39 is 5.91 Å². The fourth-order valence-corrected chi connectivity index (χ4v) is 0.553. The third kappa shape index (κ3) is 2.15. The number of hydrogen-bond donors (Lipinski definition) is 3. The van der Waals surface area contributed by atoms with Crippen molar-refractivity contribution in [3.05, 3.63) is 12.0 Å². The zero-order valence-corrected chi connectivity index (χ0v) is 6.96. The summed E-state index contributed by atoms with van der Waals surface area (Å²) in [6, 6.07) is 0. The summed E-state index contributed by atoms with van der Waals surface area (Å²) in [7, 11) is 0. The first-order chi connectivity index (χ1) is 5.75. The van der Waals surface area contributed by atoms with E-state index in [9.17, 15) is 4.79 Å². The minimum absolute atomic E-state index is 0.0208. The van der Waals surface area contributed by atoms with Crippen LogP contribution in [0.3, 0.4) is 0 Å². The van der Waals surface area contributed by atoms with Gasteiger partial charge in [-0.2, -0.15) is 0 Å². The van der Waals surface area contributed by atoms with Crippen molar-refractivity contribution in [1.29, 1.82) is 5.53 Å². The molecule has 0 unspecified atom stereocenters. The molecule has 0 aliphatic heterocycles. The highest BCUT2D eigenvalue weighted by atomic mass is 16.1. The van der Waals surface area contributed by atoms with E-state index in [-0.39, 0.29) is 11.5 Å². The molecule has 0 aliphatic carbocycles. The predicted octanol–water partition coefficient (Wildman–Crippen LogP) is 1.20. The minimum Gasteiger partial charge on any atom is -0.364 e. The first kappa shape index (κ1) is 10.3. The van der Waals surface area contributed by atoms with Crippen molar-refractivity contribution in [2.45, 2.75) is 13.8 Å². The largest absolute Gasteiger partial charge is 0.364 e. The highest BCUT2D eigenvalue weighted by molar-refractivity contribution is 5.94. The fourth-order valence-electron chi connectivity index (χ4n) is 0.553. The van der Waals surface area contributed by atoms with Gasteiger partial charge in [-0.15, -0.1) is 5.11 Å². The van der Waals surface area contributed by atoms with Crippen LogP contribution < -0.4 is 5.73 Å². The Balaban J connectivity index is 0.000000561. The molecule has 1 aromatic rings. The maximum Gasteiger partial charge on any atom is 0.269 e. The summed E-state index contributed by atoms with van der Waals surface area (Å²) in [4.78, 5) is 16.5. The molecule has 1 aromatic heterocycles. The first-order valence-corrected chi connectivity index (χ1v) is 3.46. The molecule has 66 valence electrons. The molecule has 0 saturated heterocycles. The van der Waals surface area contributed by atoms with E-state index >= 15 is 0 Å². The molecular weight excluding hydrogens is 158 g/mol. The lowest BCUT2D eigenvalue weighted by molar-refractivity contribution is 0.0996. The molecule has 1 rings (SSSR count). The third-order valence-corrected chi connectivity index (χ3v) is 0.972. The standard InChI is InChI=1S/C4H5N5O.C2H6/c5-3(10)2-4(9-6)8-1-7-2;1-2/h1,6H,(H2,5,10)(H,7,8);1-2H3. The number of primary amides is 1. The van der Waals surface area contributed by atoms with Gasteiger partial charge in [0.15, 0.2) is 5.69 Å². The number of carbonyl (C=O) groups excluding carboxylic acids is 1. The van der Waals surface area contributed by atoms with Gasteiger partial charge in [-0.1, -0.05) is 13.8 Å². The third-order valence-electron chi connectivity index (χ3n) is 0.972. The van der Waals surface area contributed by atoms with Crippen molar-refractivity contribution in [3.8, 4) is 0 Å². The number of H-pyrrole nitrogens is 1. The number of rotatable bonds is 2. The zero-order chi connectivity index (χ0) is 9.56. The molecule has 0 radical (unpaired) electrons. The molecule has 1 amide bonds. The SMILES string of the molecule is CC.N=Nc1nc[nH]c1C(N)=O. The number of aromatic amines is 1. The van der Waals surface area contributed by atoms with E-state index in [4.69, 9.17) is 11.3 Å². The zero-order valence-electron chi connectivity index (χ0n) is 6.96. The second kappa shape index (κ2) is 5.00. The molecule has 6 nitrogen and oxygen atoms in total. The van der Waals surface area contributed by atoms with E-state index in [1.807, 2.05) is 13.8 Å². The molecule has 0 saturated carbocycles. The number of carbonyl (C=O) groups is 1. The number of nitrogens with two attached hydrogens (primary N) is 1. The fraction of sp³-hybridized carbons (Fsp3) is 0.333. The van der Waals surface area contributed by atoms with Crippen LogP contribution in [-0.4, -0.2) is 15.9 Å². The molecular formula is C6H11N5O. The topological polar surface area (TPSA) is 108 Å². The number of imidazole rings is 1. The van der Waals surface area contributed by atoms with Crippen LogP contribution in [0.4, 0.5) is 5.82 Å². The second-order valence-electron chi connectivity index (χ2n) is 1.58. The van der Waals surface area contributed by atoms with Gasteiger partial charge >= 0.3 is 0 Å². The van der Waals surface area contributed by atoms with Gasteiger partial charge in [0.05, 0.1) is 6.33 Å². The van der Waals surface area contributed by atoms with E-state index in [0.29, 0.717) is 0 Å². The quantitative estimate of drug-likeness (QED) is 0.578. The van der Waals surface area contributed by atoms with Gasteiger partial charge in [-0.05, 0) is 0 Å². The molecule has 0 spiro atoms. The van der Waals surface area contributed by atoms with Crippen molar-refractivity contribution in [1.82, 2.24) is 9.97 Å². The Kier molecular flexibility index (Phi) is 4.28. The lowest BCUT2D eigenvalue weighted by atomic mass is 10.4. The van der Waals surface area contributed by atoms with Crippen LogP contribution in [0.15, 0.2) is 11.4 Å². The smallest absolute Gasteiger partial charge is 0.269 e. The van der Waals surface area contributed by atoms with E-state index in [1.54, 1.807) is 0 Å². The Hall–Kier alpha value is -1.72. The van der Waals surface area contributed by atoms with Gasteiger partial charge in [-0.3, -0.25) is 4.79 Å². The van der Waals surface area contributed by atoms with Gasteiger partial charge in [0.2, 0.25) is 5.82 Å². The van der Waals surface area contributed by atoms with E-state index in [1.165, 1.54) is 6.33 Å².